The number of benzene rings is 1. The highest BCUT2D eigenvalue weighted by molar-refractivity contribution is 6.74. The van der Waals surface area contributed by atoms with Gasteiger partial charge in [0.2, 0.25) is 5.95 Å². The van der Waals surface area contributed by atoms with Crippen molar-refractivity contribution in [1.82, 2.24) is 19.4 Å². The van der Waals surface area contributed by atoms with Gasteiger partial charge in [0.05, 0.1) is 22.0 Å². The zero-order chi connectivity index (χ0) is 35.8. The third-order valence-electron chi connectivity index (χ3n) is 8.87. The Morgan fingerprint density at radius 2 is 1.88 bits per heavy atom. The molecule has 258 valence electrons. The van der Waals surface area contributed by atoms with Crippen molar-refractivity contribution in [3.05, 3.63) is 63.2 Å². The van der Waals surface area contributed by atoms with Crippen molar-refractivity contribution < 1.29 is 14.0 Å². The highest BCUT2D eigenvalue weighted by atomic mass is 35.5. The summed E-state index contributed by atoms with van der Waals surface area (Å²) in [5.74, 6) is 0.199. The van der Waals surface area contributed by atoms with Crippen LogP contribution in [0.25, 0.3) is 11.3 Å². The van der Waals surface area contributed by atoms with E-state index in [-0.39, 0.29) is 28.8 Å². The van der Waals surface area contributed by atoms with Gasteiger partial charge in [-0.25, -0.2) is 14.8 Å². The van der Waals surface area contributed by atoms with Gasteiger partial charge in [0.25, 0.3) is 5.56 Å². The number of ether oxygens (including phenoxy) is 1. The third kappa shape index (κ3) is 8.26. The van der Waals surface area contributed by atoms with Gasteiger partial charge in [-0.05, 0) is 82.8 Å². The van der Waals surface area contributed by atoms with E-state index in [0.717, 1.165) is 5.56 Å². The third-order valence-corrected chi connectivity index (χ3v) is 13.6. The first-order chi connectivity index (χ1) is 22.1. The van der Waals surface area contributed by atoms with Crippen LogP contribution in [0.5, 0.6) is 0 Å². The smallest absolute Gasteiger partial charge is 0.414 e. The van der Waals surface area contributed by atoms with Crippen LogP contribution >= 0.6 is 11.6 Å². The number of nitrogens with zero attached hydrogens (tertiary/aromatic N) is 6. The molecule has 0 spiro atoms. The molecule has 3 heterocycles. The molecule has 3 aromatic rings. The SMILES string of the molecule is CN(C)CCn1cc(Cl)cc(Nc2nccc(-c3cc(C#N)c4c(c3)[C@@](C)(CO[Si](C)(C)C(C)(C)C)CN4C(=O)OC(C)(C)C)n2)c1=O. The molecule has 1 N–H and O–H groups in total. The molecule has 0 aliphatic carbocycles. The van der Waals surface area contributed by atoms with Crippen LogP contribution in [0, 0.1) is 11.3 Å². The summed E-state index contributed by atoms with van der Waals surface area (Å²) < 4.78 is 14.1. The van der Waals surface area contributed by atoms with Gasteiger partial charge in [0, 0.05) is 49.6 Å². The zero-order valence-corrected chi connectivity index (χ0v) is 31.7. The maximum Gasteiger partial charge on any atom is 0.414 e. The Bertz CT molecular complexity index is 1790. The Balaban J connectivity index is 1.78. The van der Waals surface area contributed by atoms with Crippen molar-refractivity contribution in [2.24, 2.45) is 0 Å². The van der Waals surface area contributed by atoms with E-state index in [4.69, 9.17) is 25.7 Å². The number of nitrogens with one attached hydrogen (secondary N) is 1. The predicted octanol–water partition coefficient (Wildman–Crippen LogP) is 7.17. The summed E-state index contributed by atoms with van der Waals surface area (Å²) in [6.45, 7) is 20.2. The second-order valence-corrected chi connectivity index (χ2v) is 20.7. The van der Waals surface area contributed by atoms with Gasteiger partial charge >= 0.3 is 6.09 Å². The first kappa shape index (κ1) is 37.1. The second-order valence-electron chi connectivity index (χ2n) is 15.5. The molecule has 11 nitrogen and oxygen atoms in total. The minimum absolute atomic E-state index is 0.0156. The molecule has 0 unspecified atom stereocenters. The molecule has 0 fully saturated rings. The summed E-state index contributed by atoms with van der Waals surface area (Å²) in [5, 5.41) is 13.8. The number of aromatic nitrogens is 3. The number of nitriles is 1. The van der Waals surface area contributed by atoms with Crippen LogP contribution in [0.4, 0.5) is 22.1 Å². The molecule has 0 saturated carbocycles. The molecule has 13 heteroatoms. The van der Waals surface area contributed by atoms with E-state index >= 15 is 0 Å². The number of carbonyl (C=O) groups is 1. The lowest BCUT2D eigenvalue weighted by Gasteiger charge is -2.39. The van der Waals surface area contributed by atoms with Gasteiger partial charge in [-0.2, -0.15) is 5.26 Å². The predicted molar refractivity (Wildman–Crippen MR) is 194 cm³/mol. The lowest BCUT2D eigenvalue weighted by Crippen LogP contribution is -2.46. The molecule has 1 aliphatic rings. The Hall–Kier alpha value is -3.76. The van der Waals surface area contributed by atoms with Gasteiger partial charge in [0.1, 0.15) is 17.4 Å². The molecular weight excluding hydrogens is 646 g/mol. The maximum absolute atomic E-state index is 13.6. The standard InChI is InChI=1S/C35H48ClN7O4Si/c1-33(2,3)47-32(45)43-21-35(7,22-46-48(10,11)34(4,5)6)26-17-23(16-24(19-37)29(26)43)27-12-13-38-31(39-27)40-28-18-25(36)20-42(30(28)44)15-14-41(8)9/h12-13,16-18,20H,14-15,21-22H2,1-11H3,(H,38,39,40)/t35-/m1/s1. The quantitative estimate of drug-likeness (QED) is 0.232. The number of amides is 1. The Kier molecular flexibility index (Phi) is 10.5. The number of rotatable bonds is 9. The van der Waals surface area contributed by atoms with Crippen molar-refractivity contribution in [1.29, 1.82) is 5.26 Å². The van der Waals surface area contributed by atoms with E-state index in [0.29, 0.717) is 47.2 Å². The molecule has 1 aliphatic heterocycles. The van der Waals surface area contributed by atoms with Crippen LogP contribution in [-0.2, 0) is 21.1 Å². The van der Waals surface area contributed by atoms with Crippen molar-refractivity contribution in [2.75, 3.05) is 44.0 Å². The Morgan fingerprint density at radius 1 is 1.19 bits per heavy atom. The fourth-order valence-corrected chi connectivity index (χ4v) is 6.49. The summed E-state index contributed by atoms with van der Waals surface area (Å²) in [5.41, 5.74) is 1.46. The number of hydrogen-bond donors (Lipinski definition) is 1. The first-order valence-electron chi connectivity index (χ1n) is 16.0. The molecule has 0 bridgehead atoms. The molecule has 4 rings (SSSR count). The van der Waals surface area contributed by atoms with Crippen molar-refractivity contribution in [2.45, 2.75) is 84.2 Å². The lowest BCUT2D eigenvalue weighted by molar-refractivity contribution is 0.0575. The first-order valence-corrected chi connectivity index (χ1v) is 19.3. The van der Waals surface area contributed by atoms with E-state index in [1.807, 2.05) is 45.8 Å². The van der Waals surface area contributed by atoms with Crippen LogP contribution in [-0.4, -0.2) is 73.2 Å². The molecule has 0 saturated heterocycles. The molecular formula is C35H48ClN7O4Si. The Morgan fingerprint density at radius 3 is 2.48 bits per heavy atom. The van der Waals surface area contributed by atoms with E-state index in [9.17, 15) is 14.9 Å². The van der Waals surface area contributed by atoms with Gasteiger partial charge < -0.3 is 23.9 Å². The topological polar surface area (TPSA) is 126 Å². The van der Waals surface area contributed by atoms with E-state index in [2.05, 4.69) is 57.2 Å². The highest BCUT2D eigenvalue weighted by Crippen LogP contribution is 2.47. The summed E-state index contributed by atoms with van der Waals surface area (Å²) in [7, 11) is 1.70. The number of pyridine rings is 1. The zero-order valence-electron chi connectivity index (χ0n) is 30.0. The number of halogens is 1. The van der Waals surface area contributed by atoms with Crippen molar-refractivity contribution in [3.8, 4) is 17.3 Å². The fraction of sp³-hybridized carbons (Fsp3) is 0.514. The second kappa shape index (κ2) is 13.6. The number of fused-ring (bicyclic) bond motifs is 1. The highest BCUT2D eigenvalue weighted by Gasteiger charge is 2.47. The minimum Gasteiger partial charge on any atom is -0.443 e. The average Bonchev–Trinajstić information content (AvgIpc) is 3.28. The number of hydrogen-bond acceptors (Lipinski definition) is 9. The van der Waals surface area contributed by atoms with Crippen LogP contribution < -0.4 is 15.8 Å². The summed E-state index contributed by atoms with van der Waals surface area (Å²) >= 11 is 6.36. The molecule has 48 heavy (non-hydrogen) atoms. The molecule has 2 aromatic heterocycles. The molecule has 1 amide bonds. The normalized spacial score (nSPS) is 16.5. The van der Waals surface area contributed by atoms with Crippen LogP contribution in [0.2, 0.25) is 23.2 Å². The number of carbonyl (C=O) groups excluding carboxylic acids is 1. The van der Waals surface area contributed by atoms with Crippen molar-refractivity contribution in [3.63, 3.8) is 0 Å². The Labute approximate surface area is 290 Å². The lowest BCUT2D eigenvalue weighted by atomic mass is 9.83. The van der Waals surface area contributed by atoms with Gasteiger partial charge in [-0.3, -0.25) is 9.69 Å². The fourth-order valence-electron chi connectivity index (χ4n) is 5.15. The van der Waals surface area contributed by atoms with Gasteiger partial charge in [-0.15, -0.1) is 0 Å². The number of likely N-dealkylation sites (N-methyl/N-ethyl adjacent to an activating group) is 1. The molecule has 1 aromatic carbocycles. The minimum atomic E-state index is -2.16. The number of anilines is 3. The van der Waals surface area contributed by atoms with Gasteiger partial charge in [-0.1, -0.05) is 39.3 Å². The maximum atomic E-state index is 13.6. The summed E-state index contributed by atoms with van der Waals surface area (Å²) in [4.78, 5) is 39.4. The van der Waals surface area contributed by atoms with E-state index in [1.54, 1.807) is 40.1 Å². The van der Waals surface area contributed by atoms with Gasteiger partial charge in [0.15, 0.2) is 8.32 Å². The summed E-state index contributed by atoms with van der Waals surface area (Å²) in [6.07, 6.45) is 2.68. The molecule has 0 radical (unpaired) electrons. The van der Waals surface area contributed by atoms with E-state index in [1.165, 1.54) is 0 Å². The average molecular weight is 694 g/mol. The van der Waals surface area contributed by atoms with Crippen molar-refractivity contribution >= 4 is 43.3 Å². The molecule has 1 atom stereocenters. The summed E-state index contributed by atoms with van der Waals surface area (Å²) in [6, 6.07) is 9.29. The van der Waals surface area contributed by atoms with Crippen LogP contribution in [0.1, 0.15) is 59.6 Å². The van der Waals surface area contributed by atoms with Crippen LogP contribution in [0.15, 0.2) is 41.5 Å². The van der Waals surface area contributed by atoms with Crippen LogP contribution in [0.3, 0.4) is 0 Å². The monoisotopic (exact) mass is 693 g/mol. The largest absolute Gasteiger partial charge is 0.443 e. The van der Waals surface area contributed by atoms with E-state index < -0.39 is 25.4 Å².